The molecule has 1 aromatic heterocycles. The van der Waals surface area contributed by atoms with Crippen LogP contribution in [-0.2, 0) is 17.8 Å². The summed E-state index contributed by atoms with van der Waals surface area (Å²) in [6.45, 7) is 6.98. The van der Waals surface area contributed by atoms with Crippen LogP contribution in [0.15, 0.2) is 29.6 Å². The third kappa shape index (κ3) is 7.66. The molecule has 2 aromatic rings. The van der Waals surface area contributed by atoms with Crippen molar-refractivity contribution in [2.24, 2.45) is 5.73 Å². The van der Waals surface area contributed by atoms with E-state index in [2.05, 4.69) is 10.3 Å². The number of benzene rings is 1. The molecular formula is C19H29Cl2N3O2S. The van der Waals surface area contributed by atoms with Crippen molar-refractivity contribution in [2.75, 3.05) is 6.54 Å². The van der Waals surface area contributed by atoms with E-state index in [1.165, 1.54) is 16.9 Å². The predicted molar refractivity (Wildman–Crippen MR) is 116 cm³/mol. The summed E-state index contributed by atoms with van der Waals surface area (Å²) < 4.78 is 5.73. The maximum Gasteiger partial charge on any atom is 0.226 e. The van der Waals surface area contributed by atoms with E-state index in [-0.39, 0.29) is 42.7 Å². The van der Waals surface area contributed by atoms with E-state index >= 15 is 0 Å². The molecule has 0 bridgehead atoms. The zero-order chi connectivity index (χ0) is 18.3. The quantitative estimate of drug-likeness (QED) is 0.624. The fourth-order valence-corrected chi connectivity index (χ4v) is 3.25. The summed E-state index contributed by atoms with van der Waals surface area (Å²) >= 11 is 1.51. The number of thiazole rings is 1. The van der Waals surface area contributed by atoms with Crippen LogP contribution in [0.25, 0.3) is 0 Å². The van der Waals surface area contributed by atoms with Crippen molar-refractivity contribution in [1.82, 2.24) is 10.3 Å². The first kappa shape index (κ1) is 25.7. The van der Waals surface area contributed by atoms with E-state index in [0.717, 1.165) is 29.3 Å². The molecule has 152 valence electrons. The summed E-state index contributed by atoms with van der Waals surface area (Å²) in [5.74, 6) is 0.782. The van der Waals surface area contributed by atoms with Gasteiger partial charge in [-0.15, -0.1) is 36.2 Å². The Labute approximate surface area is 177 Å². The van der Waals surface area contributed by atoms with Gasteiger partial charge < -0.3 is 15.8 Å². The van der Waals surface area contributed by atoms with E-state index in [1.54, 1.807) is 0 Å². The van der Waals surface area contributed by atoms with Gasteiger partial charge in [0.2, 0.25) is 5.91 Å². The topological polar surface area (TPSA) is 77.2 Å². The Bertz CT molecular complexity index is 680. The van der Waals surface area contributed by atoms with Gasteiger partial charge in [-0.1, -0.05) is 31.5 Å². The van der Waals surface area contributed by atoms with E-state index < -0.39 is 0 Å². The monoisotopic (exact) mass is 433 g/mol. The lowest BCUT2D eigenvalue weighted by Gasteiger charge is -2.31. The number of nitrogens with one attached hydrogen (secondary N) is 1. The number of amides is 1. The molecule has 0 saturated carbocycles. The van der Waals surface area contributed by atoms with Crippen molar-refractivity contribution in [3.05, 3.63) is 45.9 Å². The van der Waals surface area contributed by atoms with Crippen molar-refractivity contribution in [2.45, 2.75) is 52.2 Å². The molecule has 0 radical (unpaired) electrons. The third-order valence-electron chi connectivity index (χ3n) is 4.47. The number of halogens is 2. The zero-order valence-electron chi connectivity index (χ0n) is 16.0. The van der Waals surface area contributed by atoms with E-state index in [0.29, 0.717) is 13.2 Å². The molecule has 0 aliphatic heterocycles. The lowest BCUT2D eigenvalue weighted by molar-refractivity contribution is -0.122. The number of aromatic nitrogens is 1. The van der Waals surface area contributed by atoms with Gasteiger partial charge >= 0.3 is 0 Å². The molecule has 1 aromatic carbocycles. The Morgan fingerprint density at radius 2 is 1.85 bits per heavy atom. The van der Waals surface area contributed by atoms with Crippen LogP contribution < -0.4 is 15.8 Å². The molecule has 1 amide bonds. The van der Waals surface area contributed by atoms with Gasteiger partial charge in [0, 0.05) is 11.9 Å². The molecule has 0 aliphatic rings. The van der Waals surface area contributed by atoms with Crippen molar-refractivity contribution in [3.8, 4) is 5.75 Å². The van der Waals surface area contributed by atoms with Crippen molar-refractivity contribution in [3.63, 3.8) is 0 Å². The molecule has 2 rings (SSSR count). The smallest absolute Gasteiger partial charge is 0.226 e. The van der Waals surface area contributed by atoms with Crippen LogP contribution in [0.1, 0.15) is 43.0 Å². The molecule has 3 N–H and O–H groups in total. The number of hydrogen-bond acceptors (Lipinski definition) is 5. The minimum Gasteiger partial charge on any atom is -0.486 e. The van der Waals surface area contributed by atoms with Gasteiger partial charge in [0.1, 0.15) is 17.4 Å². The first-order valence-electron chi connectivity index (χ1n) is 8.64. The Balaban J connectivity index is 0.00000338. The number of carbonyl (C=O) groups is 1. The lowest BCUT2D eigenvalue weighted by atomic mass is 9.92. The Kier molecular flexibility index (Phi) is 11.6. The molecule has 0 atom stereocenters. The zero-order valence-corrected chi connectivity index (χ0v) is 18.4. The van der Waals surface area contributed by atoms with Crippen molar-refractivity contribution in [1.29, 1.82) is 0 Å². The Morgan fingerprint density at radius 1 is 1.22 bits per heavy atom. The molecular weight excluding hydrogens is 405 g/mol. The summed E-state index contributed by atoms with van der Waals surface area (Å²) in [6, 6.07) is 7.91. The Hall–Kier alpha value is -1.34. The second-order valence-electron chi connectivity index (χ2n) is 6.25. The normalized spacial score (nSPS) is 10.5. The molecule has 0 fully saturated rings. The molecule has 0 spiro atoms. The second kappa shape index (κ2) is 12.2. The second-order valence-corrected chi connectivity index (χ2v) is 7.19. The average Bonchev–Trinajstić information content (AvgIpc) is 3.06. The van der Waals surface area contributed by atoms with Crippen LogP contribution >= 0.6 is 36.2 Å². The van der Waals surface area contributed by atoms with Crippen molar-refractivity contribution < 1.29 is 9.53 Å². The highest BCUT2D eigenvalue weighted by Crippen LogP contribution is 2.17. The van der Waals surface area contributed by atoms with Crippen LogP contribution in [0.5, 0.6) is 5.75 Å². The number of hydrogen-bond donors (Lipinski definition) is 2. The lowest BCUT2D eigenvalue weighted by Crippen LogP contribution is -2.53. The molecule has 0 saturated heterocycles. The number of carbonyl (C=O) groups excluding carboxylic acids is 1. The summed E-state index contributed by atoms with van der Waals surface area (Å²) in [5, 5.41) is 5.84. The van der Waals surface area contributed by atoms with Gasteiger partial charge in [-0.2, -0.15) is 0 Å². The Morgan fingerprint density at radius 3 is 2.41 bits per heavy atom. The molecule has 27 heavy (non-hydrogen) atoms. The predicted octanol–water partition coefficient (Wildman–Crippen LogP) is 4.05. The molecule has 0 aliphatic carbocycles. The summed E-state index contributed by atoms with van der Waals surface area (Å²) in [7, 11) is 0. The first-order chi connectivity index (χ1) is 12.0. The number of nitrogens with two attached hydrogens (primary N) is 1. The number of nitrogens with zero attached hydrogens (tertiary/aromatic N) is 1. The fourth-order valence-electron chi connectivity index (χ4n) is 2.55. The largest absolute Gasteiger partial charge is 0.486 e. The van der Waals surface area contributed by atoms with Gasteiger partial charge in [0.15, 0.2) is 0 Å². The van der Waals surface area contributed by atoms with Gasteiger partial charge in [0.25, 0.3) is 0 Å². The van der Waals surface area contributed by atoms with Crippen LogP contribution in [-0.4, -0.2) is 23.0 Å². The van der Waals surface area contributed by atoms with Gasteiger partial charge in [0.05, 0.1) is 17.7 Å². The minimum atomic E-state index is -0.315. The molecule has 1 heterocycles. The summed E-state index contributed by atoms with van der Waals surface area (Å²) in [4.78, 5) is 16.8. The average molecular weight is 434 g/mol. The highest BCUT2D eigenvalue weighted by molar-refractivity contribution is 7.09. The van der Waals surface area contributed by atoms with Gasteiger partial charge in [-0.3, -0.25) is 4.79 Å². The van der Waals surface area contributed by atoms with E-state index in [4.69, 9.17) is 10.5 Å². The molecule has 8 heteroatoms. The summed E-state index contributed by atoms with van der Waals surface area (Å²) in [6.07, 6.45) is 1.90. The highest BCUT2D eigenvalue weighted by atomic mass is 35.5. The summed E-state index contributed by atoms with van der Waals surface area (Å²) in [5.41, 5.74) is 7.48. The van der Waals surface area contributed by atoms with Gasteiger partial charge in [-0.05, 0) is 31.9 Å². The number of rotatable bonds is 9. The highest BCUT2D eigenvalue weighted by Gasteiger charge is 2.26. The van der Waals surface area contributed by atoms with Crippen molar-refractivity contribution >= 4 is 42.1 Å². The van der Waals surface area contributed by atoms with E-state index in [1.807, 2.05) is 50.4 Å². The standard InChI is InChI=1S/C19H27N3O2S.2ClH/c1-4-19(5-2,13-20)22-17(23)10-15-12-25-18(21-15)11-24-16-8-6-14(3)7-9-16;;/h6-9,12H,4-5,10-11,13,20H2,1-3H3,(H,22,23);2*1H. The maximum atomic E-state index is 12.3. The third-order valence-corrected chi connectivity index (χ3v) is 5.34. The van der Waals surface area contributed by atoms with Crippen LogP contribution in [0.3, 0.4) is 0 Å². The van der Waals surface area contributed by atoms with Gasteiger partial charge in [-0.25, -0.2) is 4.98 Å². The van der Waals surface area contributed by atoms with Crippen LogP contribution in [0.4, 0.5) is 0 Å². The molecule has 5 nitrogen and oxygen atoms in total. The number of aryl methyl sites for hydroxylation is 1. The van der Waals surface area contributed by atoms with E-state index in [9.17, 15) is 4.79 Å². The fraction of sp³-hybridized carbons (Fsp3) is 0.474. The molecule has 0 unspecified atom stereocenters. The minimum absolute atomic E-state index is 0. The van der Waals surface area contributed by atoms with Crippen LogP contribution in [0.2, 0.25) is 0 Å². The first-order valence-corrected chi connectivity index (χ1v) is 9.52. The van der Waals surface area contributed by atoms with Crippen LogP contribution in [0, 0.1) is 6.92 Å². The SMILES string of the molecule is CCC(CC)(CN)NC(=O)Cc1csc(COc2ccc(C)cc2)n1.Cl.Cl. The number of ether oxygens (including phenoxy) is 1. The maximum absolute atomic E-state index is 12.3.